The summed E-state index contributed by atoms with van der Waals surface area (Å²) in [6.07, 6.45) is 3.21. The number of carbonyl (C=O) groups is 1. The smallest absolute Gasteiger partial charge is 0.277 e. The van der Waals surface area contributed by atoms with Gasteiger partial charge in [0.1, 0.15) is 35.1 Å². The number of amides is 1. The molecule has 5 rings (SSSR count). The van der Waals surface area contributed by atoms with Crippen molar-refractivity contribution in [2.75, 3.05) is 11.4 Å². The molecule has 0 spiro atoms. The molecule has 0 N–H and O–H groups in total. The molecule has 8 nitrogen and oxygen atoms in total. The van der Waals surface area contributed by atoms with E-state index in [-0.39, 0.29) is 5.91 Å². The van der Waals surface area contributed by atoms with Gasteiger partial charge in [-0.05, 0) is 30.3 Å². The summed E-state index contributed by atoms with van der Waals surface area (Å²) in [4.78, 5) is 27.5. The number of anilines is 1. The summed E-state index contributed by atoms with van der Waals surface area (Å²) in [5, 5.41) is 4.50. The average molecular weight is 372 g/mol. The molecule has 0 saturated carbocycles. The summed E-state index contributed by atoms with van der Waals surface area (Å²) in [5.74, 6) is 1.19. The minimum Gasteiger partial charge on any atom is -0.487 e. The minimum absolute atomic E-state index is 0.138. The van der Waals surface area contributed by atoms with E-state index >= 15 is 0 Å². The molecule has 4 aromatic rings. The van der Waals surface area contributed by atoms with Gasteiger partial charge in [-0.15, -0.1) is 0 Å². The first-order chi connectivity index (χ1) is 13.8. The van der Waals surface area contributed by atoms with Crippen LogP contribution in [0.2, 0.25) is 0 Å². The van der Waals surface area contributed by atoms with Gasteiger partial charge in [0.2, 0.25) is 0 Å². The normalized spacial score (nSPS) is 13.6. The highest BCUT2D eigenvalue weighted by Crippen LogP contribution is 2.22. The van der Waals surface area contributed by atoms with Crippen LogP contribution < -0.4 is 9.64 Å². The highest BCUT2D eigenvalue weighted by atomic mass is 16.5. The van der Waals surface area contributed by atoms with Crippen LogP contribution in [0.1, 0.15) is 16.2 Å². The fourth-order valence-electron chi connectivity index (χ4n) is 3.21. The van der Waals surface area contributed by atoms with E-state index in [1.165, 1.54) is 0 Å². The predicted molar refractivity (Wildman–Crippen MR) is 102 cm³/mol. The number of hydrogen-bond acceptors (Lipinski definition) is 6. The zero-order chi connectivity index (χ0) is 18.9. The Hall–Kier alpha value is -3.81. The lowest BCUT2D eigenvalue weighted by Gasteiger charge is -2.26. The molecule has 1 amide bonds. The molecule has 4 heterocycles. The van der Waals surface area contributed by atoms with E-state index in [2.05, 4.69) is 20.1 Å². The highest BCUT2D eigenvalue weighted by molar-refractivity contribution is 6.05. The summed E-state index contributed by atoms with van der Waals surface area (Å²) >= 11 is 0. The number of hydrogen-bond donors (Lipinski definition) is 0. The topological polar surface area (TPSA) is 86.0 Å². The van der Waals surface area contributed by atoms with Crippen molar-refractivity contribution in [3.8, 4) is 5.75 Å². The van der Waals surface area contributed by atoms with Crippen LogP contribution in [0.25, 0.3) is 11.2 Å². The molecule has 138 valence electrons. The Morgan fingerprint density at radius 3 is 2.75 bits per heavy atom. The zero-order valence-electron chi connectivity index (χ0n) is 14.9. The maximum Gasteiger partial charge on any atom is 0.277 e. The third kappa shape index (κ3) is 2.94. The Balaban J connectivity index is 1.38. The van der Waals surface area contributed by atoms with Gasteiger partial charge in [0, 0.05) is 18.9 Å². The molecular weight excluding hydrogens is 356 g/mol. The highest BCUT2D eigenvalue weighted by Gasteiger charge is 2.28. The molecule has 0 radical (unpaired) electrons. The minimum atomic E-state index is -0.138. The summed E-state index contributed by atoms with van der Waals surface area (Å²) in [6, 6.07) is 14.9. The fourth-order valence-corrected chi connectivity index (χ4v) is 3.21. The van der Waals surface area contributed by atoms with Gasteiger partial charge in [-0.3, -0.25) is 19.4 Å². The number of benzene rings is 1. The second-order valence-corrected chi connectivity index (χ2v) is 6.37. The molecule has 0 bridgehead atoms. The Morgan fingerprint density at radius 1 is 1.00 bits per heavy atom. The Bertz CT molecular complexity index is 1160. The number of para-hydroxylation sites is 1. The van der Waals surface area contributed by atoms with E-state index in [4.69, 9.17) is 4.74 Å². The molecule has 3 aromatic heterocycles. The number of carbonyl (C=O) groups excluding carboxylic acids is 1. The van der Waals surface area contributed by atoms with Crippen LogP contribution in [-0.2, 0) is 13.2 Å². The van der Waals surface area contributed by atoms with Gasteiger partial charge in [-0.1, -0.05) is 18.2 Å². The number of fused-ring (bicyclic) bond motifs is 2. The monoisotopic (exact) mass is 372 g/mol. The van der Waals surface area contributed by atoms with E-state index in [0.29, 0.717) is 48.1 Å². The fraction of sp³-hybridized carbons (Fsp3) is 0.150. The summed E-state index contributed by atoms with van der Waals surface area (Å²) in [6.45, 7) is 1.39. The van der Waals surface area contributed by atoms with Crippen LogP contribution in [-0.4, -0.2) is 37.2 Å². The van der Waals surface area contributed by atoms with Crippen molar-refractivity contribution in [3.63, 3.8) is 0 Å². The molecule has 0 fully saturated rings. The number of pyridine rings is 1. The van der Waals surface area contributed by atoms with Gasteiger partial charge >= 0.3 is 0 Å². The van der Waals surface area contributed by atoms with Gasteiger partial charge in [0.15, 0.2) is 5.65 Å². The van der Waals surface area contributed by atoms with Crippen molar-refractivity contribution in [2.45, 2.75) is 13.2 Å². The van der Waals surface area contributed by atoms with Gasteiger partial charge in [-0.25, -0.2) is 9.97 Å². The van der Waals surface area contributed by atoms with Crippen LogP contribution in [0.4, 0.5) is 5.82 Å². The lowest BCUT2D eigenvalue weighted by Crippen LogP contribution is -2.40. The van der Waals surface area contributed by atoms with E-state index < -0.39 is 0 Å². The van der Waals surface area contributed by atoms with Crippen molar-refractivity contribution in [2.24, 2.45) is 0 Å². The first-order valence-electron chi connectivity index (χ1n) is 8.92. The molecular formula is C20H16N6O2. The van der Waals surface area contributed by atoms with Crippen molar-refractivity contribution < 1.29 is 9.53 Å². The predicted octanol–water partition coefficient (Wildman–Crippen LogP) is 2.46. The van der Waals surface area contributed by atoms with Gasteiger partial charge in [-0.2, -0.15) is 5.10 Å². The summed E-state index contributed by atoms with van der Waals surface area (Å²) < 4.78 is 7.46. The maximum absolute atomic E-state index is 13.0. The Labute approximate surface area is 160 Å². The van der Waals surface area contributed by atoms with Crippen molar-refractivity contribution in [3.05, 3.63) is 72.3 Å². The number of rotatable bonds is 4. The van der Waals surface area contributed by atoms with Crippen LogP contribution in [0.5, 0.6) is 5.75 Å². The quantitative estimate of drug-likeness (QED) is 0.547. The maximum atomic E-state index is 13.0. The standard InChI is InChI=1S/C20H16N6O2/c27-20-17-12-14(13-28-15-4-2-1-3-5-15)24-26(17)11-10-25(20)18-7-6-16-19(23-18)22-9-8-21-16/h1-9,12H,10-11,13H2. The van der Waals surface area contributed by atoms with E-state index in [9.17, 15) is 4.79 Å². The first-order valence-corrected chi connectivity index (χ1v) is 8.92. The summed E-state index contributed by atoms with van der Waals surface area (Å²) in [5.41, 5.74) is 2.45. The molecule has 0 unspecified atom stereocenters. The van der Waals surface area contributed by atoms with Crippen molar-refractivity contribution >= 4 is 22.9 Å². The van der Waals surface area contributed by atoms with E-state index in [0.717, 1.165) is 5.75 Å². The molecule has 0 aliphatic carbocycles. The SMILES string of the molecule is O=C1c2cc(COc3ccccc3)nn2CCN1c1ccc2nccnc2n1. The number of nitrogens with zero attached hydrogens (tertiary/aromatic N) is 6. The van der Waals surface area contributed by atoms with Crippen molar-refractivity contribution in [1.29, 1.82) is 0 Å². The second kappa shape index (κ2) is 6.73. The first kappa shape index (κ1) is 16.4. The van der Waals surface area contributed by atoms with Gasteiger partial charge in [0.25, 0.3) is 5.91 Å². The second-order valence-electron chi connectivity index (χ2n) is 6.37. The lowest BCUT2D eigenvalue weighted by atomic mass is 10.2. The number of ether oxygens (including phenoxy) is 1. The molecule has 28 heavy (non-hydrogen) atoms. The average Bonchev–Trinajstić information content (AvgIpc) is 3.17. The largest absolute Gasteiger partial charge is 0.487 e. The molecule has 0 atom stereocenters. The van der Waals surface area contributed by atoms with Crippen LogP contribution in [0.15, 0.2) is 60.9 Å². The third-order valence-electron chi connectivity index (χ3n) is 4.55. The van der Waals surface area contributed by atoms with Crippen LogP contribution >= 0.6 is 0 Å². The molecule has 8 heteroatoms. The number of aromatic nitrogens is 5. The van der Waals surface area contributed by atoms with Crippen LogP contribution in [0, 0.1) is 0 Å². The molecule has 1 aromatic carbocycles. The summed E-state index contributed by atoms with van der Waals surface area (Å²) in [7, 11) is 0. The van der Waals surface area contributed by atoms with Crippen molar-refractivity contribution in [1.82, 2.24) is 24.7 Å². The molecule has 1 aliphatic heterocycles. The van der Waals surface area contributed by atoms with E-state index in [1.807, 2.05) is 36.4 Å². The van der Waals surface area contributed by atoms with E-state index in [1.54, 1.807) is 34.1 Å². The van der Waals surface area contributed by atoms with Gasteiger partial charge in [0.05, 0.1) is 6.54 Å². The van der Waals surface area contributed by atoms with Gasteiger partial charge < -0.3 is 4.74 Å². The third-order valence-corrected chi connectivity index (χ3v) is 4.55. The van der Waals surface area contributed by atoms with Crippen LogP contribution in [0.3, 0.4) is 0 Å². The Morgan fingerprint density at radius 2 is 1.86 bits per heavy atom. The lowest BCUT2D eigenvalue weighted by molar-refractivity contribution is 0.0961. The Kier molecular flexibility index (Phi) is 3.93. The zero-order valence-corrected chi connectivity index (χ0v) is 14.9. The molecule has 1 aliphatic rings. The molecule has 0 saturated heterocycles.